The highest BCUT2D eigenvalue weighted by Crippen LogP contribution is 2.46. The van der Waals surface area contributed by atoms with Crippen molar-refractivity contribution >= 4 is 11.7 Å². The Hall–Kier alpha value is -3.12. The second-order valence-corrected chi connectivity index (χ2v) is 6.92. The molecule has 0 aliphatic carbocycles. The molecule has 0 radical (unpaired) electrons. The Bertz CT molecular complexity index is 1030. The number of hydrogen-bond donors (Lipinski definition) is 1. The van der Waals surface area contributed by atoms with Crippen LogP contribution >= 0.6 is 0 Å². The van der Waals surface area contributed by atoms with Gasteiger partial charge in [-0.2, -0.15) is 9.69 Å². The van der Waals surface area contributed by atoms with Gasteiger partial charge in [-0.1, -0.05) is 41.1 Å². The highest BCUT2D eigenvalue weighted by atomic mass is 16.4. The molecule has 1 aromatic heterocycles. The van der Waals surface area contributed by atoms with Crippen LogP contribution in [0.15, 0.2) is 60.7 Å². The predicted molar refractivity (Wildman–Crippen MR) is 103 cm³/mol. The topological polar surface area (TPSA) is 52.6 Å². The third-order valence-corrected chi connectivity index (χ3v) is 5.64. The summed E-state index contributed by atoms with van der Waals surface area (Å²) >= 11 is 0. The monoisotopic (exact) mass is 363 g/mol. The molecule has 1 N–H and O–H groups in total. The Morgan fingerprint density at radius 1 is 1.00 bits per heavy atom. The molecule has 0 bridgehead atoms. The van der Waals surface area contributed by atoms with Gasteiger partial charge in [0.2, 0.25) is 5.69 Å². The minimum absolute atomic E-state index is 0.695. The van der Waals surface area contributed by atoms with E-state index in [2.05, 4.69) is 0 Å². The van der Waals surface area contributed by atoms with E-state index in [-0.39, 0.29) is 0 Å². The molecule has 1 unspecified atom stereocenters. The molecular weight excluding hydrogens is 340 g/mol. The normalized spacial score (nSPS) is 19.3. The summed E-state index contributed by atoms with van der Waals surface area (Å²) in [5.41, 5.74) is 2.92. The van der Waals surface area contributed by atoms with Crippen LogP contribution in [0.1, 0.15) is 17.0 Å². The summed E-state index contributed by atoms with van der Waals surface area (Å²) < 4.78 is 3.97. The van der Waals surface area contributed by atoms with Crippen LogP contribution in [0.2, 0.25) is 0 Å². The first kappa shape index (κ1) is 17.3. The van der Waals surface area contributed by atoms with Crippen LogP contribution in [0.5, 0.6) is 0 Å². The molecule has 138 valence electrons. The second-order valence-electron chi connectivity index (χ2n) is 6.92. The van der Waals surface area contributed by atoms with E-state index in [0.717, 1.165) is 22.6 Å². The molecule has 0 saturated heterocycles. The molecule has 0 fully saturated rings. The molecule has 0 saturated carbocycles. The molecule has 0 amide bonds. The molecule has 1 aliphatic heterocycles. The Morgan fingerprint density at radius 2 is 1.63 bits per heavy atom. The number of carboxylic acids is 1. The number of carboxylic acid groups (broad SMARTS) is 1. The van der Waals surface area contributed by atoms with Crippen molar-refractivity contribution in [2.45, 2.75) is 12.5 Å². The first-order valence-corrected chi connectivity index (χ1v) is 8.85. The largest absolute Gasteiger partial charge is 0.479 e. The van der Waals surface area contributed by atoms with E-state index in [4.69, 9.17) is 0 Å². The summed E-state index contributed by atoms with van der Waals surface area (Å²) in [7, 11) is 5.67. The summed E-state index contributed by atoms with van der Waals surface area (Å²) in [4.78, 5) is 12.9. The summed E-state index contributed by atoms with van der Waals surface area (Å²) in [6, 6.07) is 19.5. The summed E-state index contributed by atoms with van der Waals surface area (Å²) in [5, 5.41) is 14.2. The van der Waals surface area contributed by atoms with Crippen molar-refractivity contribution in [1.82, 2.24) is 9.69 Å². The van der Waals surface area contributed by atoms with Gasteiger partial charge in [0.05, 0.1) is 18.4 Å². The van der Waals surface area contributed by atoms with Crippen LogP contribution < -0.4 is 9.69 Å². The van der Waals surface area contributed by atoms with Gasteiger partial charge in [0.25, 0.3) is 11.2 Å². The molecular formula is C21H23N4O2+. The van der Waals surface area contributed by atoms with E-state index in [1.807, 2.05) is 103 Å². The van der Waals surface area contributed by atoms with Crippen molar-refractivity contribution in [3.63, 3.8) is 0 Å². The van der Waals surface area contributed by atoms with E-state index < -0.39 is 11.5 Å². The van der Waals surface area contributed by atoms with Gasteiger partial charge in [-0.15, -0.1) is 0 Å². The van der Waals surface area contributed by atoms with Crippen molar-refractivity contribution in [1.29, 1.82) is 0 Å². The molecule has 27 heavy (non-hydrogen) atoms. The zero-order valence-corrected chi connectivity index (χ0v) is 15.9. The van der Waals surface area contributed by atoms with Crippen LogP contribution in [-0.4, -0.2) is 34.9 Å². The minimum atomic E-state index is -1.33. The lowest BCUT2D eigenvalue weighted by atomic mass is 9.86. The van der Waals surface area contributed by atoms with Crippen molar-refractivity contribution in [2.24, 2.45) is 7.05 Å². The van der Waals surface area contributed by atoms with Crippen molar-refractivity contribution in [2.75, 3.05) is 19.1 Å². The Labute approximate surface area is 158 Å². The molecule has 1 aliphatic rings. The van der Waals surface area contributed by atoms with E-state index >= 15 is 0 Å². The van der Waals surface area contributed by atoms with Gasteiger partial charge in [-0.25, -0.2) is 4.79 Å². The fourth-order valence-electron chi connectivity index (χ4n) is 4.10. The maximum atomic E-state index is 12.9. The highest BCUT2D eigenvalue weighted by Gasteiger charge is 2.60. The number of rotatable bonds is 3. The van der Waals surface area contributed by atoms with E-state index in [1.165, 1.54) is 0 Å². The summed E-state index contributed by atoms with van der Waals surface area (Å²) in [6.45, 7) is 1.99. The maximum Gasteiger partial charge on any atom is 0.341 e. The number of aryl methyl sites for hydroxylation is 1. The number of likely N-dealkylation sites (N-methyl/N-ethyl adjacent to an activating group) is 1. The van der Waals surface area contributed by atoms with E-state index in [0.29, 0.717) is 5.69 Å². The summed E-state index contributed by atoms with van der Waals surface area (Å²) in [6.07, 6.45) is 0. The van der Waals surface area contributed by atoms with E-state index in [9.17, 15) is 9.90 Å². The van der Waals surface area contributed by atoms with Gasteiger partial charge < -0.3 is 10.1 Å². The Balaban J connectivity index is 2.11. The number of aromatic nitrogens is 2. The van der Waals surface area contributed by atoms with Gasteiger partial charge >= 0.3 is 5.97 Å². The van der Waals surface area contributed by atoms with Crippen molar-refractivity contribution in [3.8, 4) is 5.69 Å². The number of nitrogens with zero attached hydrogens (tertiary/aromatic N) is 4. The van der Waals surface area contributed by atoms with Gasteiger partial charge in [-0.05, 0) is 13.0 Å². The zero-order chi connectivity index (χ0) is 19.3. The number of carbonyl (C=O) groups is 1. The summed E-state index contributed by atoms with van der Waals surface area (Å²) in [5.74, 6) is -0.905. The van der Waals surface area contributed by atoms with Gasteiger partial charge in [0.15, 0.2) is 0 Å². The number of fused-ring (bicyclic) bond motifs is 1. The number of hydrogen-bond acceptors (Lipinski definition) is 3. The number of aliphatic carboxylic acids is 1. The van der Waals surface area contributed by atoms with Crippen LogP contribution in [0.3, 0.4) is 0 Å². The predicted octanol–water partition coefficient (Wildman–Crippen LogP) is 2.24. The third-order valence-electron chi connectivity index (χ3n) is 5.64. The lowest BCUT2D eigenvalue weighted by molar-refractivity contribution is -0.693. The lowest BCUT2D eigenvalue weighted by Gasteiger charge is -2.32. The van der Waals surface area contributed by atoms with Crippen LogP contribution in [0.4, 0.5) is 5.69 Å². The quantitative estimate of drug-likeness (QED) is 0.725. The highest BCUT2D eigenvalue weighted by molar-refractivity contribution is 5.89. The fourth-order valence-corrected chi connectivity index (χ4v) is 4.10. The third kappa shape index (κ3) is 2.16. The minimum Gasteiger partial charge on any atom is -0.479 e. The second kappa shape index (κ2) is 5.96. The Morgan fingerprint density at radius 3 is 2.30 bits per heavy atom. The molecule has 2 heterocycles. The van der Waals surface area contributed by atoms with E-state index in [1.54, 1.807) is 5.01 Å². The number of benzene rings is 2. The molecule has 2 aromatic carbocycles. The van der Waals surface area contributed by atoms with Crippen LogP contribution in [-0.2, 0) is 17.4 Å². The maximum absolute atomic E-state index is 12.9. The molecule has 3 aromatic rings. The van der Waals surface area contributed by atoms with Crippen LogP contribution in [0, 0.1) is 6.92 Å². The SMILES string of the molecule is Cc1cc(C2(C(=O)O)c3ccccc3N(C)N2C)[n+](-c2ccccc2)n1C. The molecule has 6 heteroatoms. The number of hydrazine groups is 1. The lowest BCUT2D eigenvalue weighted by Crippen LogP contribution is -2.58. The average Bonchev–Trinajstić information content (AvgIpc) is 3.09. The van der Waals surface area contributed by atoms with Crippen molar-refractivity contribution in [3.05, 3.63) is 77.6 Å². The van der Waals surface area contributed by atoms with Gasteiger partial charge in [0.1, 0.15) is 0 Å². The molecule has 4 rings (SSSR count). The smallest absolute Gasteiger partial charge is 0.341 e. The van der Waals surface area contributed by atoms with Crippen molar-refractivity contribution < 1.29 is 14.6 Å². The average molecular weight is 363 g/mol. The zero-order valence-electron chi connectivity index (χ0n) is 15.9. The first-order chi connectivity index (χ1) is 12.9. The first-order valence-electron chi connectivity index (χ1n) is 8.85. The Kier molecular flexibility index (Phi) is 3.82. The standard InChI is InChI=1S/C21H22N4O2/c1-15-14-19(25(22(15)2)16-10-6-5-7-11-16)21(20(26)27)17-12-8-9-13-18(17)23(3)24(21)4/h5-14H,1-4H3/p+1. The van der Waals surface area contributed by atoms with Gasteiger partial charge in [-0.3, -0.25) is 0 Å². The molecule has 0 spiro atoms. The van der Waals surface area contributed by atoms with Crippen LogP contribution in [0.25, 0.3) is 5.69 Å². The number of para-hydroxylation sites is 2. The van der Waals surface area contributed by atoms with Gasteiger partial charge in [0, 0.05) is 37.9 Å². The number of anilines is 1. The molecule has 1 atom stereocenters. The fraction of sp³-hybridized carbons (Fsp3) is 0.238. The molecule has 6 nitrogen and oxygen atoms in total.